The molecule has 3 rings (SSSR count). The van der Waals surface area contributed by atoms with Crippen molar-refractivity contribution < 1.29 is 4.79 Å². The van der Waals surface area contributed by atoms with Gasteiger partial charge in [0.15, 0.2) is 0 Å². The topological polar surface area (TPSA) is 59.2 Å². The van der Waals surface area contributed by atoms with Gasteiger partial charge >= 0.3 is 0 Å². The highest BCUT2D eigenvalue weighted by Gasteiger charge is 2.32. The van der Waals surface area contributed by atoms with Gasteiger partial charge in [-0.25, -0.2) is 4.98 Å². The molecule has 0 radical (unpaired) electrons. The first-order chi connectivity index (χ1) is 9.20. The van der Waals surface area contributed by atoms with E-state index in [4.69, 9.17) is 5.73 Å². The van der Waals surface area contributed by atoms with Crippen LogP contribution >= 0.6 is 11.3 Å². The second kappa shape index (κ2) is 4.75. The van der Waals surface area contributed by atoms with Crippen molar-refractivity contribution in [2.45, 2.75) is 25.9 Å². The summed E-state index contributed by atoms with van der Waals surface area (Å²) in [6.45, 7) is 2.44. The first-order valence-corrected chi connectivity index (χ1v) is 7.14. The van der Waals surface area contributed by atoms with Crippen molar-refractivity contribution in [1.29, 1.82) is 0 Å². The molecule has 0 unspecified atom stereocenters. The molecule has 1 aliphatic heterocycles. The van der Waals surface area contributed by atoms with Gasteiger partial charge in [0.05, 0.1) is 0 Å². The molecule has 2 N–H and O–H groups in total. The Morgan fingerprint density at radius 1 is 1.53 bits per heavy atom. The van der Waals surface area contributed by atoms with Crippen LogP contribution in [0.25, 0.3) is 0 Å². The molecule has 0 saturated carbocycles. The first kappa shape index (κ1) is 12.3. The van der Waals surface area contributed by atoms with E-state index in [1.165, 1.54) is 16.9 Å². The molecule has 0 aliphatic carbocycles. The number of aromatic nitrogens is 1. The minimum Gasteiger partial charge on any atom is -0.325 e. The monoisotopic (exact) mass is 273 g/mol. The second-order valence-electron chi connectivity index (χ2n) is 4.69. The summed E-state index contributed by atoms with van der Waals surface area (Å²) in [6.07, 6.45) is 0.899. The highest BCUT2D eigenvalue weighted by Crippen LogP contribution is 2.33. The maximum Gasteiger partial charge on any atom is 0.278 e. The molecule has 1 amide bonds. The molecule has 0 bridgehead atoms. The maximum atomic E-state index is 12.6. The normalized spacial score (nSPS) is 17.6. The summed E-state index contributed by atoms with van der Waals surface area (Å²) in [6, 6.07) is 8.21. The highest BCUT2D eigenvalue weighted by molar-refractivity contribution is 7.09. The number of benzene rings is 1. The lowest BCUT2D eigenvalue weighted by molar-refractivity contribution is 0.0977. The number of carbonyl (C=O) groups is 1. The predicted molar refractivity (Wildman–Crippen MR) is 76.4 cm³/mol. The number of nitrogens with zero attached hydrogens (tertiary/aromatic N) is 2. The molecule has 5 heteroatoms. The minimum absolute atomic E-state index is 0.0339. The van der Waals surface area contributed by atoms with Crippen LogP contribution < -0.4 is 10.6 Å². The van der Waals surface area contributed by atoms with Gasteiger partial charge in [-0.1, -0.05) is 18.2 Å². The van der Waals surface area contributed by atoms with E-state index in [1.807, 2.05) is 23.1 Å². The number of fused-ring (bicyclic) bond motifs is 1. The van der Waals surface area contributed by atoms with E-state index >= 15 is 0 Å². The van der Waals surface area contributed by atoms with E-state index in [0.717, 1.165) is 17.1 Å². The lowest BCUT2D eigenvalue weighted by Gasteiger charge is -2.21. The van der Waals surface area contributed by atoms with Crippen molar-refractivity contribution >= 4 is 22.9 Å². The molecule has 0 saturated heterocycles. The fraction of sp³-hybridized carbons (Fsp3) is 0.286. The number of thiazole rings is 1. The van der Waals surface area contributed by atoms with Gasteiger partial charge in [0.25, 0.3) is 5.91 Å². The van der Waals surface area contributed by atoms with Crippen LogP contribution in [0, 0.1) is 0 Å². The SMILES string of the molecule is C[C@H]1Cc2ccccc2N1C(=O)c1csc(CN)n1. The average molecular weight is 273 g/mol. The van der Waals surface area contributed by atoms with Crippen LogP contribution in [-0.2, 0) is 13.0 Å². The lowest BCUT2D eigenvalue weighted by Crippen LogP contribution is -2.35. The molecular weight excluding hydrogens is 258 g/mol. The van der Waals surface area contributed by atoms with E-state index in [-0.39, 0.29) is 11.9 Å². The van der Waals surface area contributed by atoms with Crippen molar-refractivity contribution in [3.05, 3.63) is 45.9 Å². The van der Waals surface area contributed by atoms with Gasteiger partial charge in [0.2, 0.25) is 0 Å². The molecular formula is C14H15N3OS. The van der Waals surface area contributed by atoms with E-state index < -0.39 is 0 Å². The zero-order valence-corrected chi connectivity index (χ0v) is 11.5. The van der Waals surface area contributed by atoms with E-state index in [9.17, 15) is 4.79 Å². The van der Waals surface area contributed by atoms with Crippen molar-refractivity contribution in [3.63, 3.8) is 0 Å². The fourth-order valence-corrected chi connectivity index (χ4v) is 3.15. The lowest BCUT2D eigenvalue weighted by atomic mass is 10.1. The Labute approximate surface area is 115 Å². The predicted octanol–water partition coefficient (Wildman–Crippen LogP) is 2.19. The van der Waals surface area contributed by atoms with Crippen LogP contribution in [-0.4, -0.2) is 16.9 Å². The standard InChI is InChI=1S/C14H15N3OS/c1-9-6-10-4-2-3-5-12(10)17(9)14(18)11-8-19-13(7-15)16-11/h2-5,8-9H,6-7,15H2,1H3/t9-/m0/s1. The van der Waals surface area contributed by atoms with Gasteiger partial charge in [-0.15, -0.1) is 11.3 Å². The van der Waals surface area contributed by atoms with E-state index in [2.05, 4.69) is 18.0 Å². The summed E-state index contributed by atoms with van der Waals surface area (Å²) < 4.78 is 0. The average Bonchev–Trinajstić information content (AvgIpc) is 3.01. The zero-order chi connectivity index (χ0) is 13.4. The van der Waals surface area contributed by atoms with Crippen LogP contribution in [0.3, 0.4) is 0 Å². The van der Waals surface area contributed by atoms with Gasteiger partial charge in [-0.05, 0) is 25.0 Å². The number of rotatable bonds is 2. The first-order valence-electron chi connectivity index (χ1n) is 6.26. The summed E-state index contributed by atoms with van der Waals surface area (Å²) in [7, 11) is 0. The molecule has 19 heavy (non-hydrogen) atoms. The van der Waals surface area contributed by atoms with E-state index in [1.54, 1.807) is 5.38 Å². The molecule has 1 aromatic carbocycles. The van der Waals surface area contributed by atoms with Crippen molar-refractivity contribution in [2.24, 2.45) is 5.73 Å². The molecule has 1 atom stereocenters. The van der Waals surface area contributed by atoms with Gasteiger partial charge in [0.1, 0.15) is 10.7 Å². The number of nitrogens with two attached hydrogens (primary N) is 1. The van der Waals surface area contributed by atoms with Crippen molar-refractivity contribution in [1.82, 2.24) is 4.98 Å². The molecule has 1 aliphatic rings. The van der Waals surface area contributed by atoms with Crippen LogP contribution in [0.2, 0.25) is 0 Å². The summed E-state index contributed by atoms with van der Waals surface area (Å²) in [4.78, 5) is 18.7. The van der Waals surface area contributed by atoms with Crippen molar-refractivity contribution in [3.8, 4) is 0 Å². The molecule has 0 fully saturated rings. The molecule has 2 heterocycles. The second-order valence-corrected chi connectivity index (χ2v) is 5.63. The third kappa shape index (κ3) is 2.05. The molecule has 4 nitrogen and oxygen atoms in total. The van der Waals surface area contributed by atoms with Crippen molar-refractivity contribution in [2.75, 3.05) is 4.90 Å². The molecule has 98 valence electrons. The Hall–Kier alpha value is -1.72. The van der Waals surface area contributed by atoms with Gasteiger partial charge in [-0.3, -0.25) is 4.79 Å². The third-order valence-corrected chi connectivity index (χ3v) is 4.24. The number of hydrogen-bond acceptors (Lipinski definition) is 4. The molecule has 1 aromatic heterocycles. The Kier molecular flexibility index (Phi) is 3.08. The van der Waals surface area contributed by atoms with Gasteiger partial charge in [-0.2, -0.15) is 0 Å². The smallest absolute Gasteiger partial charge is 0.278 e. The van der Waals surface area contributed by atoms with Crippen LogP contribution in [0.5, 0.6) is 0 Å². The Bertz CT molecular complexity index is 623. The maximum absolute atomic E-state index is 12.6. The summed E-state index contributed by atoms with van der Waals surface area (Å²) in [5, 5.41) is 2.58. The third-order valence-electron chi connectivity index (χ3n) is 3.37. The fourth-order valence-electron chi connectivity index (χ4n) is 2.50. The molecule has 0 spiro atoms. The number of amides is 1. The highest BCUT2D eigenvalue weighted by atomic mass is 32.1. The minimum atomic E-state index is -0.0339. The number of anilines is 1. The number of para-hydroxylation sites is 1. The summed E-state index contributed by atoms with van der Waals surface area (Å²) in [5.74, 6) is -0.0339. The van der Waals surface area contributed by atoms with Gasteiger partial charge < -0.3 is 10.6 Å². The Balaban J connectivity index is 1.95. The van der Waals surface area contributed by atoms with Crippen LogP contribution in [0.15, 0.2) is 29.6 Å². The van der Waals surface area contributed by atoms with E-state index in [0.29, 0.717) is 12.2 Å². The number of carbonyl (C=O) groups excluding carboxylic acids is 1. The largest absolute Gasteiger partial charge is 0.325 e. The van der Waals surface area contributed by atoms with Gasteiger partial charge in [0, 0.05) is 23.7 Å². The van der Waals surface area contributed by atoms with Crippen LogP contribution in [0.4, 0.5) is 5.69 Å². The van der Waals surface area contributed by atoms with Crippen LogP contribution in [0.1, 0.15) is 28.0 Å². The zero-order valence-electron chi connectivity index (χ0n) is 10.7. The Morgan fingerprint density at radius 2 is 2.32 bits per heavy atom. The summed E-state index contributed by atoms with van der Waals surface area (Å²) in [5.41, 5.74) is 8.26. The number of hydrogen-bond donors (Lipinski definition) is 1. The molecule has 2 aromatic rings. The Morgan fingerprint density at radius 3 is 3.05 bits per heavy atom. The summed E-state index contributed by atoms with van der Waals surface area (Å²) >= 11 is 1.44. The quantitative estimate of drug-likeness (QED) is 0.912.